The number of rotatable bonds is 9. The van der Waals surface area contributed by atoms with E-state index in [1.165, 1.54) is 18.7 Å². The van der Waals surface area contributed by atoms with Gasteiger partial charge in [0.1, 0.15) is 34.0 Å². The Morgan fingerprint density at radius 1 is 1.09 bits per heavy atom. The lowest BCUT2D eigenvalue weighted by molar-refractivity contribution is 0.391. The first kappa shape index (κ1) is 21.8. The fourth-order valence-electron chi connectivity index (χ4n) is 2.98. The number of ether oxygens (including phenoxy) is 2. The van der Waals surface area contributed by atoms with E-state index in [1.54, 1.807) is 49.1 Å². The highest BCUT2D eigenvalue weighted by Crippen LogP contribution is 2.37. The molecule has 166 valence electrons. The molecule has 3 heterocycles. The summed E-state index contributed by atoms with van der Waals surface area (Å²) in [6.07, 6.45) is 4.92. The molecule has 0 saturated carbocycles. The Balaban J connectivity index is 1.68. The summed E-state index contributed by atoms with van der Waals surface area (Å²) in [5.74, 6) is 2.90. The van der Waals surface area contributed by atoms with Crippen LogP contribution in [0.5, 0.6) is 11.5 Å². The Kier molecular flexibility index (Phi) is 6.66. The number of para-hydroxylation sites is 1. The quantitative estimate of drug-likeness (QED) is 0.392. The largest absolute Gasteiger partial charge is 0.494 e. The summed E-state index contributed by atoms with van der Waals surface area (Å²) in [5.41, 5.74) is 0.537. The molecule has 0 aliphatic carbocycles. The molecule has 0 aliphatic rings. The van der Waals surface area contributed by atoms with Crippen LogP contribution in [-0.4, -0.2) is 48.9 Å². The van der Waals surface area contributed by atoms with Gasteiger partial charge in [-0.1, -0.05) is 17.7 Å². The first-order valence-electron chi connectivity index (χ1n) is 9.42. The number of aromatic nitrogens is 5. The normalized spacial score (nSPS) is 11.8. The number of nitrogens with one attached hydrogen (secondary N) is 1. The second-order valence-electron chi connectivity index (χ2n) is 6.39. The molecular formula is C20H19ClN6O4S. The summed E-state index contributed by atoms with van der Waals surface area (Å²) in [6, 6.07) is 8.85. The number of hydrogen-bond donors (Lipinski definition) is 1. The third-order valence-corrected chi connectivity index (χ3v) is 5.60. The van der Waals surface area contributed by atoms with Crippen molar-refractivity contribution in [3.63, 3.8) is 0 Å². The molecule has 0 amide bonds. The van der Waals surface area contributed by atoms with E-state index in [2.05, 4.69) is 24.9 Å². The number of aryl methyl sites for hydroxylation is 1. The van der Waals surface area contributed by atoms with Crippen LogP contribution >= 0.6 is 11.6 Å². The maximum Gasteiger partial charge on any atom is 0.241 e. The van der Waals surface area contributed by atoms with Gasteiger partial charge in [0.2, 0.25) is 11.8 Å². The summed E-state index contributed by atoms with van der Waals surface area (Å²) >= 11 is 5.81. The first-order chi connectivity index (χ1) is 15.6. The molecule has 0 radical (unpaired) electrons. The summed E-state index contributed by atoms with van der Waals surface area (Å²) in [6.45, 7) is 0. The third-order valence-electron chi connectivity index (χ3n) is 4.42. The van der Waals surface area contributed by atoms with E-state index in [0.717, 1.165) is 0 Å². The van der Waals surface area contributed by atoms with E-state index in [4.69, 9.17) is 25.5 Å². The number of methoxy groups -OCH3 is 2. The topological polar surface area (TPSA) is 117 Å². The molecule has 32 heavy (non-hydrogen) atoms. The average Bonchev–Trinajstić information content (AvgIpc) is 3.48. The van der Waals surface area contributed by atoms with E-state index in [0.29, 0.717) is 46.0 Å². The number of anilines is 1. The lowest BCUT2D eigenvalue weighted by Crippen LogP contribution is -2.15. The molecule has 1 aromatic carbocycles. The van der Waals surface area contributed by atoms with Crippen LogP contribution in [0.2, 0.25) is 5.02 Å². The Morgan fingerprint density at radius 3 is 2.44 bits per heavy atom. The molecule has 0 spiro atoms. The van der Waals surface area contributed by atoms with Crippen molar-refractivity contribution >= 4 is 28.5 Å². The Labute approximate surface area is 191 Å². The van der Waals surface area contributed by atoms with Gasteiger partial charge in [0.25, 0.3) is 0 Å². The van der Waals surface area contributed by atoms with Crippen molar-refractivity contribution in [2.24, 2.45) is 0 Å². The van der Waals surface area contributed by atoms with Gasteiger partial charge in [-0.2, -0.15) is 0 Å². The van der Waals surface area contributed by atoms with Crippen LogP contribution in [0.1, 0.15) is 5.82 Å². The number of hydrogen-bond acceptors (Lipinski definition) is 8. The Hall–Kier alpha value is -3.44. The van der Waals surface area contributed by atoms with Crippen molar-refractivity contribution in [2.75, 3.05) is 24.7 Å². The minimum atomic E-state index is -1.51. The highest BCUT2D eigenvalue weighted by Gasteiger charge is 2.24. The Bertz CT molecular complexity index is 1190. The molecule has 1 N–H and O–H groups in total. The van der Waals surface area contributed by atoms with E-state index in [9.17, 15) is 4.21 Å². The summed E-state index contributed by atoms with van der Waals surface area (Å²) in [5, 5.41) is 8.88. The predicted molar refractivity (Wildman–Crippen MR) is 120 cm³/mol. The second-order valence-corrected chi connectivity index (χ2v) is 8.13. The SMILES string of the molecule is COc1cccc(OC)c1-n1c(NS(=O)CCc2ncc(Cl)cn2)nnc1-c1ccco1. The van der Waals surface area contributed by atoms with Crippen LogP contribution in [0.4, 0.5) is 5.95 Å². The van der Waals surface area contributed by atoms with Gasteiger partial charge in [-0.3, -0.25) is 9.29 Å². The van der Waals surface area contributed by atoms with E-state index in [-0.39, 0.29) is 11.7 Å². The molecular weight excluding hydrogens is 456 g/mol. The van der Waals surface area contributed by atoms with Gasteiger partial charge < -0.3 is 13.9 Å². The van der Waals surface area contributed by atoms with Crippen molar-refractivity contribution in [2.45, 2.75) is 6.42 Å². The minimum absolute atomic E-state index is 0.231. The number of nitrogens with zero attached hydrogens (tertiary/aromatic N) is 5. The van der Waals surface area contributed by atoms with Crippen LogP contribution in [0.15, 0.2) is 53.4 Å². The maximum absolute atomic E-state index is 12.8. The maximum atomic E-state index is 12.8. The fraction of sp³-hybridized carbons (Fsp3) is 0.200. The molecule has 3 aromatic heterocycles. The number of halogens is 1. The van der Waals surface area contributed by atoms with Crippen LogP contribution < -0.4 is 14.2 Å². The van der Waals surface area contributed by atoms with Crippen molar-refractivity contribution in [1.29, 1.82) is 0 Å². The molecule has 0 aliphatic heterocycles. The van der Waals surface area contributed by atoms with E-state index in [1.807, 2.05) is 0 Å². The first-order valence-corrected chi connectivity index (χ1v) is 11.1. The molecule has 1 atom stereocenters. The fourth-order valence-corrected chi connectivity index (χ4v) is 3.89. The van der Waals surface area contributed by atoms with Gasteiger partial charge in [0.05, 0.1) is 31.3 Å². The van der Waals surface area contributed by atoms with Crippen LogP contribution in [0, 0.1) is 0 Å². The highest BCUT2D eigenvalue weighted by molar-refractivity contribution is 7.86. The second kappa shape index (κ2) is 9.79. The molecule has 0 bridgehead atoms. The zero-order chi connectivity index (χ0) is 22.5. The summed E-state index contributed by atoms with van der Waals surface area (Å²) in [4.78, 5) is 8.24. The van der Waals surface area contributed by atoms with Crippen molar-refractivity contribution < 1.29 is 18.1 Å². The van der Waals surface area contributed by atoms with Crippen molar-refractivity contribution in [1.82, 2.24) is 24.7 Å². The molecule has 4 aromatic rings. The van der Waals surface area contributed by atoms with Gasteiger partial charge in [-0.15, -0.1) is 10.2 Å². The van der Waals surface area contributed by atoms with Gasteiger partial charge in [-0.25, -0.2) is 14.2 Å². The van der Waals surface area contributed by atoms with E-state index < -0.39 is 11.0 Å². The highest BCUT2D eigenvalue weighted by atomic mass is 35.5. The van der Waals surface area contributed by atoms with Gasteiger partial charge in [0, 0.05) is 18.8 Å². The standard InChI is InChI=1S/C20H19ClN6O4S/c1-29-14-5-3-6-15(30-2)18(14)27-19(16-7-4-9-31-16)24-25-20(27)26-32(28)10-8-17-22-11-13(21)12-23-17/h3-7,9,11-12H,8,10H2,1-2H3,(H,25,26). The monoisotopic (exact) mass is 474 g/mol. The zero-order valence-corrected chi connectivity index (χ0v) is 18.8. The smallest absolute Gasteiger partial charge is 0.241 e. The molecule has 10 nitrogen and oxygen atoms in total. The van der Waals surface area contributed by atoms with Crippen molar-refractivity contribution in [3.05, 3.63) is 59.8 Å². The molecule has 0 saturated heterocycles. The third kappa shape index (κ3) is 4.58. The molecule has 4 rings (SSSR count). The Morgan fingerprint density at radius 2 is 1.81 bits per heavy atom. The van der Waals surface area contributed by atoms with Crippen LogP contribution in [0.25, 0.3) is 17.3 Å². The number of furan rings is 1. The lowest BCUT2D eigenvalue weighted by Gasteiger charge is -2.16. The molecule has 12 heteroatoms. The predicted octanol–water partition coefficient (Wildman–Crippen LogP) is 3.31. The lowest BCUT2D eigenvalue weighted by atomic mass is 10.2. The average molecular weight is 475 g/mol. The summed E-state index contributed by atoms with van der Waals surface area (Å²) < 4.78 is 33.9. The van der Waals surface area contributed by atoms with Gasteiger partial charge >= 0.3 is 0 Å². The molecule has 1 unspecified atom stereocenters. The number of benzene rings is 1. The van der Waals surface area contributed by atoms with Crippen molar-refractivity contribution in [3.8, 4) is 28.8 Å². The van der Waals surface area contributed by atoms with Gasteiger partial charge in [0.15, 0.2) is 5.76 Å². The van der Waals surface area contributed by atoms with Gasteiger partial charge in [-0.05, 0) is 24.3 Å². The summed E-state index contributed by atoms with van der Waals surface area (Å²) in [7, 11) is 1.59. The van der Waals surface area contributed by atoms with E-state index >= 15 is 0 Å². The molecule has 0 fully saturated rings. The van der Waals surface area contributed by atoms with Crippen LogP contribution in [0.3, 0.4) is 0 Å². The zero-order valence-electron chi connectivity index (χ0n) is 17.2. The minimum Gasteiger partial charge on any atom is -0.494 e. The van der Waals surface area contributed by atoms with Crippen LogP contribution in [-0.2, 0) is 17.4 Å².